The number of aromatic nitrogens is 20. The molecule has 0 atom stereocenters. The van der Waals surface area contributed by atoms with E-state index in [0.717, 1.165) is 111 Å². The minimum Gasteiger partial charge on any atom is -0.382 e. The van der Waals surface area contributed by atoms with Crippen LogP contribution < -0.4 is 48.7 Å². The van der Waals surface area contributed by atoms with Gasteiger partial charge in [-0.05, 0) is 217 Å². The Morgan fingerprint density at radius 2 is 0.649 bits per heavy atom. The number of aryl methyl sites for hydroxylation is 7. The number of carbonyl (C=O) groups is 5. The first-order valence-corrected chi connectivity index (χ1v) is 44.8. The van der Waals surface area contributed by atoms with Gasteiger partial charge in [0, 0.05) is 164 Å². The third-order valence-electron chi connectivity index (χ3n) is 20.7. The van der Waals surface area contributed by atoms with E-state index in [2.05, 4.69) is 124 Å². The number of rotatable bonds is 25. The van der Waals surface area contributed by atoms with Crippen LogP contribution in [0.3, 0.4) is 0 Å². The van der Waals surface area contributed by atoms with Gasteiger partial charge in [0.15, 0.2) is 34.9 Å². The Morgan fingerprint density at radius 3 is 0.973 bits per heavy atom. The second-order valence-corrected chi connectivity index (χ2v) is 33.0. The van der Waals surface area contributed by atoms with Gasteiger partial charge >= 0.3 is 30.9 Å². The van der Waals surface area contributed by atoms with E-state index >= 15 is 0 Å². The Morgan fingerprint density at radius 1 is 0.324 bits per heavy atom. The third kappa shape index (κ3) is 34.9. The highest BCUT2D eigenvalue weighted by Gasteiger charge is 2.36. The number of hydrazine groups is 5. The zero-order valence-corrected chi connectivity index (χ0v) is 79.5. The molecular formula is C97H94F15N31O5. The SMILES string of the molecule is Cc1cc(-c2ncn(/C=C/C(=O)NNc3cnccn3)n2)cc(C(F)(F)F)c1.Cc1cc(-c2ncn(/C=C\C(=O)NN3CCC(Nc4ccccc4)CC3)n2)cc(C(F)(F)F)c1.Cc1cc(-c2ncn(/C=C\C(=O)NN3CCCCCC3)n2)cc(C(F)(F)F)c1.Cc1cc(-c2ncn(/C=C\C(=O)NNc3cc(C)nc(C)n3)n2)cc(C(F)(F)F)c1.Cc1cc(-c2ncn(/C=C\C(=O)NNc3ccncc3)n2)cc(C(F)(F)F)c1. The average molecular weight is 2060 g/mol. The van der Waals surface area contributed by atoms with Gasteiger partial charge in [-0.15, -0.1) is 25.5 Å². The standard InChI is InChI=1S/C24H25F3N6O.C19H18F3N7O.C19H22F3N5O.C18H15F3N6O.C17H14F3N7O/c1-17-13-18(15-19(14-17)24(25,26)27)23-28-16-33(31-23)12-9-22(34)30-32-10-7-21(8-11-32)29-20-5-3-2-4-6-20;1-11-6-14(9-15(7-11)19(20,21)22)18-23-10-29(28-18)5-4-17(30)27-26-16-8-12(2)24-13(3)25-16;1-14-10-15(12-16(11-14)19(20,21)22)18-23-13-27(25-18)9-6-17(28)24-26-7-4-2-3-5-8-26;1-12-8-13(10-14(9-12)18(19,20)21)17-23-11-27(26-17)7-4-16(28)25-24-15-2-5-22-6-3-15;1-11-6-12(8-13(7-11)17(18,19)20)16-23-10-27(26-16)5-2-15(28)25-24-14-9-21-3-4-22-14/h2-6,9,12-16,21,29H,7-8,10-11H2,1H3,(H,30,34);4-10H,1-3H3,(H,27,30)(H,24,25,26);6,9-13H,2-5,7-8H2,1H3,(H,24,28);2-11H,1H3,(H,22,24)(H,25,28);2-10H,1H3,(H,22,24)(H,25,28)/b12-9-;5-4-;9-6-;7-4-;5-2+. The van der Waals surface area contributed by atoms with Crippen molar-refractivity contribution < 1.29 is 89.8 Å². The lowest BCUT2D eigenvalue weighted by atomic mass is 10.1. The Bertz CT molecular complexity index is 6840. The normalized spacial score (nSPS) is 13.4. The first-order valence-electron chi connectivity index (χ1n) is 44.8. The predicted octanol–water partition coefficient (Wildman–Crippen LogP) is 17.3. The van der Waals surface area contributed by atoms with Crippen molar-refractivity contribution in [1.29, 1.82) is 0 Å². The van der Waals surface area contributed by atoms with Gasteiger partial charge in [-0.25, -0.2) is 73.3 Å². The van der Waals surface area contributed by atoms with Gasteiger partial charge in [-0.2, -0.15) is 65.9 Å². The number of alkyl halides is 15. The molecule has 14 aromatic rings. The fourth-order valence-corrected chi connectivity index (χ4v) is 14.1. The van der Waals surface area contributed by atoms with Crippen molar-refractivity contribution in [3.05, 3.63) is 300 Å². The van der Waals surface area contributed by atoms with Crippen molar-refractivity contribution in [3.63, 3.8) is 0 Å². The zero-order chi connectivity index (χ0) is 106. The Labute approximate surface area is 833 Å². The van der Waals surface area contributed by atoms with Crippen molar-refractivity contribution >= 4 is 83.5 Å². The van der Waals surface area contributed by atoms with E-state index in [-0.39, 0.29) is 68.8 Å². The number of pyridine rings is 1. The molecule has 10 heterocycles. The Hall–Kier alpha value is -17.6. The van der Waals surface area contributed by atoms with Crippen LogP contribution in [0, 0.1) is 48.5 Å². The number of carbonyl (C=O) groups excluding carboxylic acids is 5. The molecule has 2 saturated heterocycles. The summed E-state index contributed by atoms with van der Waals surface area (Å²) in [6.45, 7) is 14.5. The third-order valence-corrected chi connectivity index (χ3v) is 20.7. The summed E-state index contributed by atoms with van der Waals surface area (Å²) in [6, 6.07) is 33.5. The zero-order valence-electron chi connectivity index (χ0n) is 79.5. The van der Waals surface area contributed by atoms with E-state index in [0.29, 0.717) is 70.1 Å². The summed E-state index contributed by atoms with van der Waals surface area (Å²) >= 11 is 0. The molecule has 9 N–H and O–H groups in total. The Balaban J connectivity index is 0.000000165. The number of anilines is 4. The van der Waals surface area contributed by atoms with Crippen LogP contribution >= 0.6 is 0 Å². The van der Waals surface area contributed by atoms with Crippen LogP contribution in [0.5, 0.6) is 0 Å². The molecule has 0 unspecified atom stereocenters. The summed E-state index contributed by atoms with van der Waals surface area (Å²) < 4.78 is 201. The van der Waals surface area contributed by atoms with E-state index in [9.17, 15) is 89.8 Å². The molecule has 2 fully saturated rings. The van der Waals surface area contributed by atoms with Crippen molar-refractivity contribution in [3.8, 4) is 56.9 Å². The van der Waals surface area contributed by atoms with Gasteiger partial charge in [0.2, 0.25) is 0 Å². The fraction of sp³-hybridized carbons (Fsp3) is 0.237. The molecule has 36 nitrogen and oxygen atoms in total. The topological polar surface area (TPSA) is 418 Å². The van der Waals surface area contributed by atoms with Gasteiger partial charge in [0.1, 0.15) is 43.3 Å². The highest BCUT2D eigenvalue weighted by Crippen LogP contribution is 2.38. The van der Waals surface area contributed by atoms with E-state index < -0.39 is 76.4 Å². The predicted molar refractivity (Wildman–Crippen MR) is 517 cm³/mol. The number of nitrogens with one attached hydrogen (secondary N) is 9. The molecule has 51 heteroatoms. The fourth-order valence-electron chi connectivity index (χ4n) is 14.1. The molecule has 0 saturated carbocycles. The summed E-state index contributed by atoms with van der Waals surface area (Å²) in [7, 11) is 0. The molecule has 8 aromatic heterocycles. The van der Waals surface area contributed by atoms with Crippen molar-refractivity contribution in [1.82, 2.24) is 136 Å². The van der Waals surface area contributed by atoms with E-state index in [1.807, 2.05) is 40.3 Å². The lowest BCUT2D eigenvalue weighted by Crippen LogP contribution is -2.48. The van der Waals surface area contributed by atoms with E-state index in [1.54, 1.807) is 109 Å². The molecular weight excluding hydrogens is 1960 g/mol. The van der Waals surface area contributed by atoms with Crippen LogP contribution in [0.25, 0.3) is 87.9 Å². The second kappa shape index (κ2) is 50.1. The first kappa shape index (κ1) is 109. The maximum atomic E-state index is 13.1. The number of hydrogen-bond donors (Lipinski definition) is 9. The lowest BCUT2D eigenvalue weighted by molar-refractivity contribution is -0.138. The van der Waals surface area contributed by atoms with Gasteiger partial charge in [0.25, 0.3) is 29.5 Å². The van der Waals surface area contributed by atoms with Crippen LogP contribution in [0.2, 0.25) is 0 Å². The van der Waals surface area contributed by atoms with Crippen molar-refractivity contribution in [2.45, 2.75) is 124 Å². The quantitative estimate of drug-likeness (QED) is 0.0146. The Kier molecular flexibility index (Phi) is 37.0. The minimum absolute atomic E-state index is 0.108. The number of piperidine rings is 1. The highest BCUT2D eigenvalue weighted by atomic mass is 19.4. The number of nitrogens with zero attached hydrogens (tertiary/aromatic N) is 22. The number of hydrogen-bond acceptors (Lipinski definition) is 26. The molecule has 6 aromatic carbocycles. The van der Waals surface area contributed by atoms with Gasteiger partial charge in [-0.1, -0.05) is 31.0 Å². The van der Waals surface area contributed by atoms with Gasteiger partial charge in [-0.3, -0.25) is 77.3 Å². The second-order valence-electron chi connectivity index (χ2n) is 33.0. The lowest BCUT2D eigenvalue weighted by Gasteiger charge is -2.32. The number of benzene rings is 6. The first-order chi connectivity index (χ1) is 70.3. The summed E-state index contributed by atoms with van der Waals surface area (Å²) in [5, 5.41) is 27.8. The maximum Gasteiger partial charge on any atom is 0.416 e. The van der Waals surface area contributed by atoms with Crippen molar-refractivity contribution in [2.24, 2.45) is 0 Å². The van der Waals surface area contributed by atoms with Crippen LogP contribution in [-0.2, 0) is 54.9 Å². The largest absolute Gasteiger partial charge is 0.416 e. The molecule has 148 heavy (non-hydrogen) atoms. The summed E-state index contributed by atoms with van der Waals surface area (Å²) in [6.07, 6.45) is 11.0. The van der Waals surface area contributed by atoms with Gasteiger partial charge in [0.05, 0.1) is 39.7 Å². The smallest absolute Gasteiger partial charge is 0.382 e. The van der Waals surface area contributed by atoms with Crippen LogP contribution in [0.4, 0.5) is 88.9 Å². The summed E-state index contributed by atoms with van der Waals surface area (Å²) in [5.41, 5.74) is 23.0. The number of para-hydroxylation sites is 1. The van der Waals surface area contributed by atoms with E-state index in [4.69, 9.17) is 0 Å². The highest BCUT2D eigenvalue weighted by molar-refractivity contribution is 5.93. The molecule has 772 valence electrons. The van der Waals surface area contributed by atoms with E-state index in [1.165, 1.54) is 148 Å². The molecule has 2 aliphatic rings. The molecule has 16 rings (SSSR count). The average Bonchev–Trinajstić information content (AvgIpc) is 1.82. The van der Waals surface area contributed by atoms with Gasteiger partial charge < -0.3 is 5.32 Å². The molecule has 0 bridgehead atoms. The molecule has 0 radical (unpaired) electrons. The maximum absolute atomic E-state index is 13.1. The number of amides is 5. The molecule has 0 spiro atoms. The minimum atomic E-state index is -4.46. The monoisotopic (exact) mass is 2060 g/mol. The molecule has 0 aliphatic carbocycles. The molecule has 5 amide bonds. The van der Waals surface area contributed by atoms with Crippen LogP contribution in [0.15, 0.2) is 233 Å². The summed E-state index contributed by atoms with van der Waals surface area (Å²) in [5.74, 6) is -0.0591. The van der Waals surface area contributed by atoms with Crippen LogP contribution in [-0.4, -0.2) is 171 Å². The summed E-state index contributed by atoms with van der Waals surface area (Å²) in [4.78, 5) is 99.8. The molecule has 2 aliphatic heterocycles. The van der Waals surface area contributed by atoms with Crippen molar-refractivity contribution in [2.75, 3.05) is 47.8 Å². The number of halogens is 15. The van der Waals surface area contributed by atoms with Crippen LogP contribution in [0.1, 0.15) is 106 Å².